The third kappa shape index (κ3) is 1.30. The van der Waals surface area contributed by atoms with Gasteiger partial charge in [0, 0.05) is 24.1 Å². The van der Waals surface area contributed by atoms with E-state index >= 15 is 0 Å². The summed E-state index contributed by atoms with van der Waals surface area (Å²) in [5.41, 5.74) is 1.98. The van der Waals surface area contributed by atoms with Crippen LogP contribution in [-0.4, -0.2) is 14.5 Å². The molecule has 0 amide bonds. The first-order valence-corrected chi connectivity index (χ1v) is 4.37. The van der Waals surface area contributed by atoms with E-state index in [-0.39, 0.29) is 5.54 Å². The van der Waals surface area contributed by atoms with E-state index in [4.69, 9.17) is 0 Å². The third-order valence-corrected chi connectivity index (χ3v) is 2.04. The molecule has 0 aliphatic heterocycles. The van der Waals surface area contributed by atoms with Crippen LogP contribution >= 0.6 is 0 Å². The molecule has 0 unspecified atom stereocenters. The molecular formula is C10H13N3. The molecule has 3 nitrogen and oxygen atoms in total. The van der Waals surface area contributed by atoms with Gasteiger partial charge in [0.15, 0.2) is 5.65 Å². The lowest BCUT2D eigenvalue weighted by atomic mass is 10.1. The van der Waals surface area contributed by atoms with Gasteiger partial charge >= 0.3 is 0 Å². The van der Waals surface area contributed by atoms with E-state index in [1.165, 1.54) is 0 Å². The highest BCUT2D eigenvalue weighted by Gasteiger charge is 2.15. The smallest absolute Gasteiger partial charge is 0.159 e. The van der Waals surface area contributed by atoms with Crippen LogP contribution in [0.1, 0.15) is 20.8 Å². The van der Waals surface area contributed by atoms with Crippen molar-refractivity contribution in [2.24, 2.45) is 0 Å². The van der Waals surface area contributed by atoms with Crippen molar-refractivity contribution in [3.8, 4) is 0 Å². The van der Waals surface area contributed by atoms with Crippen LogP contribution in [0.2, 0.25) is 0 Å². The van der Waals surface area contributed by atoms with Gasteiger partial charge in [-0.2, -0.15) is 0 Å². The molecule has 0 aromatic carbocycles. The van der Waals surface area contributed by atoms with Crippen LogP contribution in [0.15, 0.2) is 24.7 Å². The molecule has 2 aromatic heterocycles. The molecule has 3 heteroatoms. The summed E-state index contributed by atoms with van der Waals surface area (Å²) in [6, 6.07) is 1.99. The van der Waals surface area contributed by atoms with Crippen molar-refractivity contribution >= 4 is 11.2 Å². The summed E-state index contributed by atoms with van der Waals surface area (Å²) >= 11 is 0. The fourth-order valence-corrected chi connectivity index (χ4v) is 1.40. The summed E-state index contributed by atoms with van der Waals surface area (Å²) in [7, 11) is 0. The molecule has 0 radical (unpaired) electrons. The average molecular weight is 175 g/mol. The zero-order valence-electron chi connectivity index (χ0n) is 8.15. The Morgan fingerprint density at radius 2 is 1.85 bits per heavy atom. The Hall–Kier alpha value is -1.38. The van der Waals surface area contributed by atoms with Gasteiger partial charge in [-0.3, -0.25) is 4.98 Å². The number of fused-ring (bicyclic) bond motifs is 1. The average Bonchev–Trinajstić information content (AvgIpc) is 2.45. The van der Waals surface area contributed by atoms with E-state index in [1.807, 2.05) is 12.3 Å². The monoisotopic (exact) mass is 175 g/mol. The standard InChI is InChI=1S/C10H13N3/c1-10(2,3)13-7-4-8-9(13)12-6-5-11-8/h4-7H,1-3H3. The number of hydrogen-bond acceptors (Lipinski definition) is 2. The van der Waals surface area contributed by atoms with Crippen molar-refractivity contribution in [3.63, 3.8) is 0 Å². The lowest BCUT2D eigenvalue weighted by Gasteiger charge is -2.21. The second-order valence-corrected chi connectivity index (χ2v) is 4.12. The summed E-state index contributed by atoms with van der Waals surface area (Å²) in [4.78, 5) is 8.54. The minimum absolute atomic E-state index is 0.0672. The molecule has 0 fully saturated rings. The van der Waals surface area contributed by atoms with Crippen LogP contribution in [0.5, 0.6) is 0 Å². The molecule has 13 heavy (non-hydrogen) atoms. The maximum Gasteiger partial charge on any atom is 0.159 e. The molecule has 0 atom stereocenters. The zero-order valence-corrected chi connectivity index (χ0v) is 8.15. The molecule has 0 N–H and O–H groups in total. The summed E-state index contributed by atoms with van der Waals surface area (Å²) in [5, 5.41) is 0. The molecule has 2 heterocycles. The van der Waals surface area contributed by atoms with Crippen LogP contribution in [-0.2, 0) is 5.54 Å². The maximum atomic E-state index is 4.31. The van der Waals surface area contributed by atoms with Crippen molar-refractivity contribution in [1.82, 2.24) is 14.5 Å². The topological polar surface area (TPSA) is 30.7 Å². The van der Waals surface area contributed by atoms with Gasteiger partial charge in [0.25, 0.3) is 0 Å². The Bertz CT molecular complexity index is 423. The summed E-state index contributed by atoms with van der Waals surface area (Å²) < 4.78 is 2.13. The molecular weight excluding hydrogens is 162 g/mol. The second-order valence-electron chi connectivity index (χ2n) is 4.12. The van der Waals surface area contributed by atoms with Gasteiger partial charge in [-0.25, -0.2) is 4.98 Å². The first-order chi connectivity index (χ1) is 6.09. The van der Waals surface area contributed by atoms with Crippen LogP contribution in [0, 0.1) is 0 Å². The van der Waals surface area contributed by atoms with Gasteiger partial charge < -0.3 is 4.57 Å². The number of aromatic nitrogens is 3. The van der Waals surface area contributed by atoms with E-state index in [1.54, 1.807) is 12.4 Å². The van der Waals surface area contributed by atoms with Crippen molar-refractivity contribution in [3.05, 3.63) is 24.7 Å². The third-order valence-electron chi connectivity index (χ3n) is 2.04. The molecule has 0 saturated heterocycles. The van der Waals surface area contributed by atoms with E-state index in [0.717, 1.165) is 11.2 Å². The van der Waals surface area contributed by atoms with E-state index < -0.39 is 0 Å². The number of hydrogen-bond donors (Lipinski definition) is 0. The van der Waals surface area contributed by atoms with Gasteiger partial charge in [0.05, 0.1) is 0 Å². The predicted octanol–water partition coefficient (Wildman–Crippen LogP) is 2.19. The van der Waals surface area contributed by atoms with E-state index in [9.17, 15) is 0 Å². The van der Waals surface area contributed by atoms with Crippen LogP contribution < -0.4 is 0 Å². The maximum absolute atomic E-state index is 4.31. The summed E-state index contributed by atoms with van der Waals surface area (Å²) in [6.07, 6.45) is 5.48. The van der Waals surface area contributed by atoms with Crippen LogP contribution in [0.4, 0.5) is 0 Å². The fraction of sp³-hybridized carbons (Fsp3) is 0.400. The highest BCUT2D eigenvalue weighted by Crippen LogP contribution is 2.20. The van der Waals surface area contributed by atoms with Crippen molar-refractivity contribution < 1.29 is 0 Å². The first-order valence-electron chi connectivity index (χ1n) is 4.37. The molecule has 2 aromatic rings. The Labute approximate surface area is 77.4 Å². The van der Waals surface area contributed by atoms with Crippen LogP contribution in [0.3, 0.4) is 0 Å². The summed E-state index contributed by atoms with van der Waals surface area (Å²) in [5.74, 6) is 0. The minimum atomic E-state index is 0.0672. The Morgan fingerprint density at radius 1 is 1.15 bits per heavy atom. The van der Waals surface area contributed by atoms with Crippen LogP contribution in [0.25, 0.3) is 11.2 Å². The Balaban J connectivity index is 2.72. The quantitative estimate of drug-likeness (QED) is 0.614. The number of rotatable bonds is 0. The lowest BCUT2D eigenvalue weighted by Crippen LogP contribution is -2.20. The van der Waals surface area contributed by atoms with Gasteiger partial charge in [0.1, 0.15) is 5.52 Å². The SMILES string of the molecule is CC(C)(C)n1ccc2nccnc21. The van der Waals surface area contributed by atoms with Gasteiger partial charge in [-0.05, 0) is 26.8 Å². The molecule has 2 rings (SSSR count). The number of nitrogens with zero attached hydrogens (tertiary/aromatic N) is 3. The lowest BCUT2D eigenvalue weighted by molar-refractivity contribution is 0.408. The van der Waals surface area contributed by atoms with Crippen molar-refractivity contribution in [1.29, 1.82) is 0 Å². The molecule has 0 saturated carbocycles. The first kappa shape index (κ1) is 8.23. The molecule has 0 aliphatic carbocycles. The zero-order chi connectivity index (χ0) is 9.47. The molecule has 0 spiro atoms. The van der Waals surface area contributed by atoms with Crippen molar-refractivity contribution in [2.75, 3.05) is 0 Å². The highest BCUT2D eigenvalue weighted by molar-refractivity contribution is 5.70. The summed E-state index contributed by atoms with van der Waals surface area (Å²) in [6.45, 7) is 6.46. The predicted molar refractivity (Wildman–Crippen MR) is 52.5 cm³/mol. The largest absolute Gasteiger partial charge is 0.326 e. The second kappa shape index (κ2) is 2.55. The van der Waals surface area contributed by atoms with E-state index in [0.29, 0.717) is 0 Å². The minimum Gasteiger partial charge on any atom is -0.326 e. The molecule has 0 aliphatic rings. The van der Waals surface area contributed by atoms with Gasteiger partial charge in [-0.15, -0.1) is 0 Å². The highest BCUT2D eigenvalue weighted by atomic mass is 15.1. The normalized spacial score (nSPS) is 12.2. The fourth-order valence-electron chi connectivity index (χ4n) is 1.40. The Morgan fingerprint density at radius 3 is 2.54 bits per heavy atom. The van der Waals surface area contributed by atoms with Gasteiger partial charge in [-0.1, -0.05) is 0 Å². The van der Waals surface area contributed by atoms with Gasteiger partial charge in [0.2, 0.25) is 0 Å². The molecule has 68 valence electrons. The molecule has 0 bridgehead atoms. The van der Waals surface area contributed by atoms with Crippen molar-refractivity contribution in [2.45, 2.75) is 26.3 Å². The van der Waals surface area contributed by atoms with E-state index in [2.05, 4.69) is 35.3 Å². The Kier molecular flexibility index (Phi) is 1.62.